The van der Waals surface area contributed by atoms with Crippen molar-refractivity contribution in [2.45, 2.75) is 24.8 Å². The van der Waals surface area contributed by atoms with Crippen LogP contribution in [0, 0.1) is 12.7 Å². The van der Waals surface area contributed by atoms with Crippen molar-refractivity contribution in [1.29, 1.82) is 0 Å². The maximum atomic E-state index is 13.8. The van der Waals surface area contributed by atoms with Crippen LogP contribution in [0.5, 0.6) is 5.75 Å². The van der Waals surface area contributed by atoms with Gasteiger partial charge >= 0.3 is 0 Å². The van der Waals surface area contributed by atoms with E-state index in [-0.39, 0.29) is 17.6 Å². The van der Waals surface area contributed by atoms with E-state index in [2.05, 4.69) is 10.3 Å². The molecule has 3 heterocycles. The first-order valence-corrected chi connectivity index (χ1v) is 10.4. The van der Waals surface area contributed by atoms with Crippen LogP contribution in [0.1, 0.15) is 39.6 Å². The molecule has 2 unspecified atom stereocenters. The number of nitrogens with zero attached hydrogens (tertiary/aromatic N) is 2. The van der Waals surface area contributed by atoms with Gasteiger partial charge in [-0.25, -0.2) is 4.39 Å². The molecule has 6 nitrogen and oxygen atoms in total. The van der Waals surface area contributed by atoms with Crippen molar-refractivity contribution in [2.24, 2.45) is 0 Å². The summed E-state index contributed by atoms with van der Waals surface area (Å²) < 4.78 is 19.1. The molecular formula is C25H22FN3O3. The zero-order valence-corrected chi connectivity index (χ0v) is 17.8. The lowest BCUT2D eigenvalue weighted by molar-refractivity contribution is -0.121. The van der Waals surface area contributed by atoms with Crippen molar-refractivity contribution in [1.82, 2.24) is 9.88 Å². The Labute approximate surface area is 185 Å². The van der Waals surface area contributed by atoms with Gasteiger partial charge in [-0.2, -0.15) is 0 Å². The van der Waals surface area contributed by atoms with E-state index in [1.165, 1.54) is 25.4 Å². The Bertz CT molecular complexity index is 1230. The number of carbonyl (C=O) groups is 2. The molecule has 1 fully saturated rings. The lowest BCUT2D eigenvalue weighted by atomic mass is 9.72. The quantitative estimate of drug-likeness (QED) is 0.680. The molecule has 1 N–H and O–H groups in total. The van der Waals surface area contributed by atoms with Gasteiger partial charge in [0.15, 0.2) is 0 Å². The number of hydrogen-bond donors (Lipinski definition) is 1. The highest BCUT2D eigenvalue weighted by Gasteiger charge is 2.59. The minimum absolute atomic E-state index is 0.152. The lowest BCUT2D eigenvalue weighted by Gasteiger charge is -2.34. The number of anilines is 1. The Hall–Kier alpha value is -3.74. The number of ether oxygens (including phenoxy) is 1. The van der Waals surface area contributed by atoms with Gasteiger partial charge in [-0.1, -0.05) is 30.3 Å². The zero-order valence-electron chi connectivity index (χ0n) is 17.8. The monoisotopic (exact) mass is 431 g/mol. The van der Waals surface area contributed by atoms with Crippen molar-refractivity contribution in [3.8, 4) is 5.75 Å². The minimum Gasteiger partial charge on any atom is -0.494 e. The highest BCUT2D eigenvalue weighted by Crippen LogP contribution is 2.55. The number of likely N-dealkylation sites (tertiary alicyclic amines) is 1. The van der Waals surface area contributed by atoms with Crippen LogP contribution in [0.2, 0.25) is 0 Å². The number of halogens is 1. The number of carbonyl (C=O) groups excluding carboxylic acids is 2. The Balaban J connectivity index is 1.68. The van der Waals surface area contributed by atoms with Crippen molar-refractivity contribution in [2.75, 3.05) is 19.0 Å². The number of hydrogen-bond acceptors (Lipinski definition) is 4. The second kappa shape index (κ2) is 7.44. The fraction of sp³-hybridized carbons (Fsp3) is 0.240. The molecule has 1 spiro atoms. The van der Waals surface area contributed by atoms with Crippen LogP contribution in [-0.2, 0) is 10.2 Å². The number of aryl methyl sites for hydroxylation is 1. The van der Waals surface area contributed by atoms with Gasteiger partial charge in [-0.3, -0.25) is 14.6 Å². The Morgan fingerprint density at radius 3 is 2.72 bits per heavy atom. The van der Waals surface area contributed by atoms with Crippen LogP contribution in [0.4, 0.5) is 10.1 Å². The molecule has 32 heavy (non-hydrogen) atoms. The molecule has 2 aliphatic rings. The molecule has 2 aromatic carbocycles. The summed E-state index contributed by atoms with van der Waals surface area (Å²) in [6.07, 6.45) is 1.98. The van der Waals surface area contributed by atoms with E-state index in [9.17, 15) is 14.0 Å². The van der Waals surface area contributed by atoms with E-state index in [1.807, 2.05) is 24.3 Å². The third-order valence-corrected chi connectivity index (χ3v) is 6.49. The molecule has 0 radical (unpaired) electrons. The maximum absolute atomic E-state index is 13.8. The van der Waals surface area contributed by atoms with Crippen molar-refractivity contribution in [3.63, 3.8) is 0 Å². The maximum Gasteiger partial charge on any atom is 0.258 e. The molecule has 2 amide bonds. The van der Waals surface area contributed by atoms with E-state index >= 15 is 0 Å². The molecule has 5 rings (SSSR count). The van der Waals surface area contributed by atoms with Gasteiger partial charge in [0, 0.05) is 17.9 Å². The second-order valence-electron chi connectivity index (χ2n) is 8.20. The van der Waals surface area contributed by atoms with Crippen LogP contribution in [0.3, 0.4) is 0 Å². The largest absolute Gasteiger partial charge is 0.494 e. The van der Waals surface area contributed by atoms with E-state index in [4.69, 9.17) is 4.74 Å². The van der Waals surface area contributed by atoms with Crippen LogP contribution >= 0.6 is 0 Å². The summed E-state index contributed by atoms with van der Waals surface area (Å²) in [7, 11) is 1.49. The summed E-state index contributed by atoms with van der Waals surface area (Å²) in [5.41, 5.74) is 2.41. The molecule has 0 aliphatic carbocycles. The summed E-state index contributed by atoms with van der Waals surface area (Å²) >= 11 is 0. The highest BCUT2D eigenvalue weighted by atomic mass is 19.1. The molecule has 0 bridgehead atoms. The lowest BCUT2D eigenvalue weighted by Crippen LogP contribution is -2.42. The summed E-state index contributed by atoms with van der Waals surface area (Å²) in [6, 6.07) is 14.7. The number of amides is 2. The number of nitrogens with one attached hydrogen (secondary N) is 1. The number of aromatic nitrogens is 1. The van der Waals surface area contributed by atoms with Gasteiger partial charge in [0.25, 0.3) is 5.91 Å². The molecule has 3 aromatic rings. The van der Waals surface area contributed by atoms with Crippen LogP contribution in [0.15, 0.2) is 60.8 Å². The van der Waals surface area contributed by atoms with Gasteiger partial charge in [0.2, 0.25) is 5.91 Å². The Kier molecular flexibility index (Phi) is 4.69. The molecule has 0 saturated carbocycles. The van der Waals surface area contributed by atoms with Gasteiger partial charge in [0.1, 0.15) is 17.0 Å². The van der Waals surface area contributed by atoms with Crippen molar-refractivity contribution in [3.05, 3.63) is 89.0 Å². The van der Waals surface area contributed by atoms with Crippen LogP contribution < -0.4 is 10.1 Å². The molecule has 2 atom stereocenters. The first-order valence-electron chi connectivity index (χ1n) is 10.4. The third kappa shape index (κ3) is 2.88. The molecule has 162 valence electrons. The number of pyridine rings is 1. The average molecular weight is 431 g/mol. The fourth-order valence-electron chi connectivity index (χ4n) is 5.05. The van der Waals surface area contributed by atoms with Gasteiger partial charge in [-0.05, 0) is 48.7 Å². The number of benzene rings is 2. The standard InChI is InChI=1S/C25H22FN3O3/c1-15-13-18(21(32-2)14-27-15)23(30)29-12-11-25(22(29)16-7-9-17(26)10-8-16)19-5-3-4-6-20(19)28-24(25)31/h3-10,13-14,22H,11-12H2,1-2H3,(H,28,31). The van der Waals surface area contributed by atoms with Gasteiger partial charge < -0.3 is 15.0 Å². The number of fused-ring (bicyclic) bond motifs is 2. The number of rotatable bonds is 3. The smallest absolute Gasteiger partial charge is 0.258 e. The van der Waals surface area contributed by atoms with Gasteiger partial charge in [-0.15, -0.1) is 0 Å². The van der Waals surface area contributed by atoms with Crippen LogP contribution in [0.25, 0.3) is 0 Å². The Morgan fingerprint density at radius 1 is 1.22 bits per heavy atom. The number of para-hydroxylation sites is 1. The number of methoxy groups -OCH3 is 1. The van der Waals surface area contributed by atoms with E-state index in [1.54, 1.807) is 30.0 Å². The summed E-state index contributed by atoms with van der Waals surface area (Å²) in [4.78, 5) is 33.1. The molecule has 1 saturated heterocycles. The Morgan fingerprint density at radius 2 is 1.97 bits per heavy atom. The first-order chi connectivity index (χ1) is 15.5. The SMILES string of the molecule is COc1cnc(C)cc1C(=O)N1CCC2(C(=O)Nc3ccccc32)C1c1ccc(F)cc1. The predicted octanol–water partition coefficient (Wildman–Crippen LogP) is 4.02. The first kappa shape index (κ1) is 20.2. The third-order valence-electron chi connectivity index (χ3n) is 6.49. The van der Waals surface area contributed by atoms with Crippen LogP contribution in [-0.4, -0.2) is 35.4 Å². The fourth-order valence-corrected chi connectivity index (χ4v) is 5.05. The molecule has 7 heteroatoms. The average Bonchev–Trinajstić information content (AvgIpc) is 3.33. The second-order valence-corrected chi connectivity index (χ2v) is 8.20. The predicted molar refractivity (Wildman–Crippen MR) is 117 cm³/mol. The topological polar surface area (TPSA) is 71.5 Å². The normalized spacial score (nSPS) is 21.5. The van der Waals surface area contributed by atoms with Crippen molar-refractivity contribution >= 4 is 17.5 Å². The summed E-state index contributed by atoms with van der Waals surface area (Å²) in [5, 5.41) is 2.99. The van der Waals surface area contributed by atoms with E-state index in [0.717, 1.165) is 11.3 Å². The summed E-state index contributed by atoms with van der Waals surface area (Å²) in [6.45, 7) is 2.17. The van der Waals surface area contributed by atoms with E-state index < -0.39 is 11.5 Å². The van der Waals surface area contributed by atoms with Gasteiger partial charge in [0.05, 0.1) is 24.9 Å². The zero-order chi connectivity index (χ0) is 22.5. The van der Waals surface area contributed by atoms with E-state index in [0.29, 0.717) is 35.5 Å². The summed E-state index contributed by atoms with van der Waals surface area (Å²) in [5.74, 6) is -0.408. The molecule has 1 aromatic heterocycles. The minimum atomic E-state index is -0.959. The molecular weight excluding hydrogens is 409 g/mol. The molecule has 2 aliphatic heterocycles. The highest BCUT2D eigenvalue weighted by molar-refractivity contribution is 6.08. The van der Waals surface area contributed by atoms with Crippen molar-refractivity contribution < 1.29 is 18.7 Å².